The Hall–Kier alpha value is -2.17. The predicted octanol–water partition coefficient (Wildman–Crippen LogP) is 0.216. The van der Waals surface area contributed by atoms with Gasteiger partial charge in [0.1, 0.15) is 10.7 Å². The van der Waals surface area contributed by atoms with Crippen molar-refractivity contribution in [3.05, 3.63) is 45.1 Å². The Bertz CT molecular complexity index is 965. The second kappa shape index (κ2) is 6.04. The van der Waals surface area contributed by atoms with Gasteiger partial charge >= 0.3 is 11.7 Å². The van der Waals surface area contributed by atoms with Gasteiger partial charge < -0.3 is 4.74 Å². The Morgan fingerprint density at radius 3 is 2.83 bits per heavy atom. The average molecular weight is 373 g/mol. The Labute approximate surface area is 141 Å². The first-order valence-corrected chi connectivity index (χ1v) is 8.68. The average Bonchev–Trinajstić information content (AvgIpc) is 2.95. The topological polar surface area (TPSA) is 114 Å². The van der Waals surface area contributed by atoms with Crippen LogP contribution in [0.1, 0.15) is 16.2 Å². The van der Waals surface area contributed by atoms with Crippen LogP contribution >= 0.6 is 11.6 Å². The van der Waals surface area contributed by atoms with Crippen LogP contribution in [-0.4, -0.2) is 47.1 Å². The van der Waals surface area contributed by atoms with E-state index in [2.05, 4.69) is 14.9 Å². The molecule has 0 saturated carbocycles. The number of hydrogen-bond acceptors (Lipinski definition) is 6. The van der Waals surface area contributed by atoms with E-state index in [0.717, 1.165) is 4.31 Å². The summed E-state index contributed by atoms with van der Waals surface area (Å²) >= 11 is 6.02. The molecule has 3 rings (SSSR count). The summed E-state index contributed by atoms with van der Waals surface area (Å²) in [7, 11) is -2.77. The highest BCUT2D eigenvalue weighted by Crippen LogP contribution is 2.28. The fourth-order valence-corrected chi connectivity index (χ4v) is 4.33. The number of ether oxygens (including phenoxy) is 1. The molecule has 2 aromatic rings. The number of sulfonamides is 1. The maximum atomic E-state index is 12.9. The lowest BCUT2D eigenvalue weighted by Gasteiger charge is -2.26. The molecule has 0 fully saturated rings. The van der Waals surface area contributed by atoms with E-state index in [0.29, 0.717) is 5.82 Å². The summed E-state index contributed by atoms with van der Waals surface area (Å²) in [4.78, 5) is 22.9. The van der Waals surface area contributed by atoms with E-state index in [-0.39, 0.29) is 40.8 Å². The number of aromatic nitrogens is 3. The quantitative estimate of drug-likeness (QED) is 0.770. The third kappa shape index (κ3) is 2.72. The third-order valence-electron chi connectivity index (χ3n) is 3.70. The van der Waals surface area contributed by atoms with Crippen molar-refractivity contribution in [3.8, 4) is 0 Å². The van der Waals surface area contributed by atoms with Gasteiger partial charge in [-0.2, -0.15) is 9.40 Å². The highest BCUT2D eigenvalue weighted by atomic mass is 35.5. The van der Waals surface area contributed by atoms with Gasteiger partial charge in [-0.1, -0.05) is 11.6 Å². The van der Waals surface area contributed by atoms with Crippen molar-refractivity contribution in [2.75, 3.05) is 13.7 Å². The van der Waals surface area contributed by atoms with Crippen LogP contribution in [-0.2, 0) is 27.8 Å². The smallest absolute Gasteiger partial charge is 0.343 e. The number of nitrogens with one attached hydrogen (secondary N) is 1. The lowest BCUT2D eigenvalue weighted by molar-refractivity contribution is 0.0600. The van der Waals surface area contributed by atoms with Crippen LogP contribution in [0.5, 0.6) is 0 Å². The number of rotatable bonds is 3. The largest absolute Gasteiger partial charge is 0.465 e. The molecule has 128 valence electrons. The Kier molecular flexibility index (Phi) is 4.20. The van der Waals surface area contributed by atoms with Crippen molar-refractivity contribution in [1.29, 1.82) is 0 Å². The van der Waals surface area contributed by atoms with E-state index in [9.17, 15) is 18.0 Å². The zero-order chi connectivity index (χ0) is 17.5. The van der Waals surface area contributed by atoms with Gasteiger partial charge in [0.05, 0.1) is 24.2 Å². The minimum absolute atomic E-state index is 0.00681. The number of hydrogen-bond donors (Lipinski definition) is 1. The molecule has 1 aliphatic rings. The first-order chi connectivity index (χ1) is 11.3. The number of fused-ring (bicyclic) bond motifs is 1. The molecule has 1 aromatic heterocycles. The third-order valence-corrected chi connectivity index (χ3v) is 6.02. The zero-order valence-corrected chi connectivity index (χ0v) is 14.1. The molecule has 0 atom stereocenters. The molecule has 1 aliphatic heterocycles. The van der Waals surface area contributed by atoms with Crippen LogP contribution in [0.15, 0.2) is 27.9 Å². The maximum Gasteiger partial charge on any atom is 0.343 e. The monoisotopic (exact) mass is 372 g/mol. The summed E-state index contributed by atoms with van der Waals surface area (Å²) in [6, 6.07) is 3.89. The van der Waals surface area contributed by atoms with Crippen LogP contribution in [0.3, 0.4) is 0 Å². The Morgan fingerprint density at radius 1 is 1.38 bits per heavy atom. The maximum absolute atomic E-state index is 12.9. The van der Waals surface area contributed by atoms with Crippen molar-refractivity contribution in [2.45, 2.75) is 18.0 Å². The first kappa shape index (κ1) is 16.7. The number of esters is 1. The molecular weight excluding hydrogens is 360 g/mol. The van der Waals surface area contributed by atoms with Gasteiger partial charge in [0.25, 0.3) is 0 Å². The molecule has 11 heteroatoms. The highest BCUT2D eigenvalue weighted by Gasteiger charge is 2.32. The number of benzene rings is 1. The standard InChI is InChI=1S/C13H13ClN4O5S/c1-23-12(19)8-2-3-9(14)10(6-8)24(21,22)17-4-5-18-11(7-17)15-16-13(18)20/h2-3,6H,4-5,7H2,1H3,(H,16,20). The van der Waals surface area contributed by atoms with E-state index in [1.54, 1.807) is 0 Å². The number of carbonyl (C=O) groups excluding carboxylic acids is 1. The molecule has 0 amide bonds. The summed E-state index contributed by atoms with van der Waals surface area (Å²) < 4.78 is 32.8. The van der Waals surface area contributed by atoms with Crippen LogP contribution in [0, 0.1) is 0 Å². The molecule has 0 bridgehead atoms. The molecule has 0 spiro atoms. The molecular formula is C13H13ClN4O5S. The normalized spacial score (nSPS) is 15.1. The number of halogens is 1. The van der Waals surface area contributed by atoms with E-state index < -0.39 is 16.0 Å². The van der Waals surface area contributed by atoms with Gasteiger partial charge in [-0.05, 0) is 18.2 Å². The van der Waals surface area contributed by atoms with Gasteiger partial charge in [-0.15, -0.1) is 0 Å². The summed E-state index contributed by atoms with van der Waals surface area (Å²) in [5, 5.41) is 6.08. The Balaban J connectivity index is 2.00. The van der Waals surface area contributed by atoms with Gasteiger partial charge in [0.15, 0.2) is 0 Å². The number of H-pyrrole nitrogens is 1. The first-order valence-electron chi connectivity index (χ1n) is 6.86. The SMILES string of the molecule is COC(=O)c1ccc(Cl)c(S(=O)(=O)N2CCn3c(n[nH]c3=O)C2)c1. The molecule has 2 heterocycles. The molecule has 24 heavy (non-hydrogen) atoms. The lowest BCUT2D eigenvalue weighted by Crippen LogP contribution is -2.40. The number of aromatic amines is 1. The minimum Gasteiger partial charge on any atom is -0.465 e. The molecule has 1 aromatic carbocycles. The second-order valence-electron chi connectivity index (χ2n) is 5.07. The van der Waals surface area contributed by atoms with Crippen LogP contribution < -0.4 is 5.69 Å². The van der Waals surface area contributed by atoms with Crippen molar-refractivity contribution >= 4 is 27.6 Å². The van der Waals surface area contributed by atoms with E-state index in [1.807, 2.05) is 0 Å². The molecule has 1 N–H and O–H groups in total. The van der Waals surface area contributed by atoms with Gasteiger partial charge in [-0.25, -0.2) is 23.1 Å². The predicted molar refractivity (Wildman–Crippen MR) is 83.2 cm³/mol. The van der Waals surface area contributed by atoms with Gasteiger partial charge in [0.2, 0.25) is 10.0 Å². The molecule has 0 radical (unpaired) electrons. The van der Waals surface area contributed by atoms with E-state index in [4.69, 9.17) is 11.6 Å². The zero-order valence-electron chi connectivity index (χ0n) is 12.5. The van der Waals surface area contributed by atoms with Crippen molar-refractivity contribution in [2.24, 2.45) is 0 Å². The van der Waals surface area contributed by atoms with E-state index >= 15 is 0 Å². The summed E-state index contributed by atoms with van der Waals surface area (Å²) in [5.41, 5.74) is -0.304. The molecule has 0 unspecified atom stereocenters. The molecule has 9 nitrogen and oxygen atoms in total. The van der Waals surface area contributed by atoms with Crippen LogP contribution in [0.4, 0.5) is 0 Å². The van der Waals surface area contributed by atoms with Gasteiger partial charge in [0, 0.05) is 13.1 Å². The summed E-state index contributed by atoms with van der Waals surface area (Å²) in [6.07, 6.45) is 0. The van der Waals surface area contributed by atoms with Crippen molar-refractivity contribution < 1.29 is 17.9 Å². The highest BCUT2D eigenvalue weighted by molar-refractivity contribution is 7.89. The summed E-state index contributed by atoms with van der Waals surface area (Å²) in [6.45, 7) is 0.200. The fourth-order valence-electron chi connectivity index (χ4n) is 2.44. The minimum atomic E-state index is -3.97. The van der Waals surface area contributed by atoms with Crippen molar-refractivity contribution in [3.63, 3.8) is 0 Å². The second-order valence-corrected chi connectivity index (χ2v) is 7.39. The van der Waals surface area contributed by atoms with E-state index in [1.165, 1.54) is 29.9 Å². The number of nitrogens with zero attached hydrogens (tertiary/aromatic N) is 3. The lowest BCUT2D eigenvalue weighted by atomic mass is 10.2. The number of carbonyl (C=O) groups is 1. The van der Waals surface area contributed by atoms with Crippen LogP contribution in [0.2, 0.25) is 5.02 Å². The number of methoxy groups -OCH3 is 1. The molecule has 0 saturated heterocycles. The Morgan fingerprint density at radius 2 is 2.12 bits per heavy atom. The fraction of sp³-hybridized carbons (Fsp3) is 0.308. The molecule has 0 aliphatic carbocycles. The summed E-state index contributed by atoms with van der Waals surface area (Å²) in [5.74, 6) is -0.349. The van der Waals surface area contributed by atoms with Crippen molar-refractivity contribution in [1.82, 2.24) is 19.1 Å². The van der Waals surface area contributed by atoms with Crippen LogP contribution in [0.25, 0.3) is 0 Å². The van der Waals surface area contributed by atoms with Gasteiger partial charge in [-0.3, -0.25) is 4.57 Å².